The van der Waals surface area contributed by atoms with E-state index in [9.17, 15) is 4.79 Å². The van der Waals surface area contributed by atoms with Crippen molar-refractivity contribution in [2.75, 3.05) is 18.6 Å². The van der Waals surface area contributed by atoms with Crippen LogP contribution in [0.4, 0.5) is 0 Å². The molecule has 0 aromatic heterocycles. The van der Waals surface area contributed by atoms with Gasteiger partial charge in [-0.25, -0.2) is 0 Å². The zero-order valence-corrected chi connectivity index (χ0v) is 12.9. The molecule has 0 unspecified atom stereocenters. The minimum absolute atomic E-state index is 0.498. The van der Waals surface area contributed by atoms with Crippen molar-refractivity contribution in [3.8, 4) is 5.75 Å². The Morgan fingerprint density at radius 2 is 2.30 bits per heavy atom. The lowest BCUT2D eigenvalue weighted by atomic mass is 10.1. The maximum absolute atomic E-state index is 11.1. The van der Waals surface area contributed by atoms with Crippen LogP contribution in [0.2, 0.25) is 0 Å². The molecule has 20 heavy (non-hydrogen) atoms. The van der Waals surface area contributed by atoms with Crippen molar-refractivity contribution in [2.45, 2.75) is 32.4 Å². The maximum Gasteiger partial charge on any atom is 0.320 e. The summed E-state index contributed by atoms with van der Waals surface area (Å²) in [5.41, 5.74) is 1.04. The average Bonchev–Trinajstić information content (AvgIpc) is 2.45. The van der Waals surface area contributed by atoms with Gasteiger partial charge in [-0.3, -0.25) is 4.79 Å². The molecular formula is C15H23NO3S. The molecule has 2 N–H and O–H groups in total. The van der Waals surface area contributed by atoms with Crippen molar-refractivity contribution in [1.82, 2.24) is 5.32 Å². The molecule has 4 nitrogen and oxygen atoms in total. The molecule has 0 radical (unpaired) electrons. The number of aliphatic carboxylic acids is 1. The van der Waals surface area contributed by atoms with Crippen LogP contribution >= 0.6 is 11.8 Å². The van der Waals surface area contributed by atoms with Crippen LogP contribution in [-0.4, -0.2) is 35.7 Å². The average molecular weight is 297 g/mol. The van der Waals surface area contributed by atoms with E-state index in [1.807, 2.05) is 30.5 Å². The quantitative estimate of drug-likeness (QED) is 0.695. The fourth-order valence-electron chi connectivity index (χ4n) is 1.75. The van der Waals surface area contributed by atoms with Gasteiger partial charge in [0.25, 0.3) is 0 Å². The molecule has 1 aromatic rings. The van der Waals surface area contributed by atoms with Crippen molar-refractivity contribution in [3.05, 3.63) is 29.8 Å². The molecular weight excluding hydrogens is 274 g/mol. The molecule has 1 aromatic carbocycles. The summed E-state index contributed by atoms with van der Waals surface area (Å²) >= 11 is 1.66. The highest BCUT2D eigenvalue weighted by atomic mass is 32.2. The van der Waals surface area contributed by atoms with Gasteiger partial charge >= 0.3 is 5.97 Å². The molecule has 0 aliphatic rings. The van der Waals surface area contributed by atoms with Gasteiger partial charge in [-0.2, -0.15) is 11.8 Å². The molecule has 0 spiro atoms. The summed E-state index contributed by atoms with van der Waals surface area (Å²) in [5, 5.41) is 12.2. The first-order valence-corrected chi connectivity index (χ1v) is 8.23. The third kappa shape index (κ3) is 6.30. The normalized spacial score (nSPS) is 12.1. The van der Waals surface area contributed by atoms with Crippen LogP contribution in [0.5, 0.6) is 5.75 Å². The number of thioether (sulfide) groups is 1. The highest BCUT2D eigenvalue weighted by Crippen LogP contribution is 2.14. The van der Waals surface area contributed by atoms with Gasteiger partial charge in [0.05, 0.1) is 6.61 Å². The van der Waals surface area contributed by atoms with Gasteiger partial charge in [-0.1, -0.05) is 19.1 Å². The first-order chi connectivity index (χ1) is 9.67. The Morgan fingerprint density at radius 1 is 1.50 bits per heavy atom. The van der Waals surface area contributed by atoms with Crippen LogP contribution in [0.1, 0.15) is 25.3 Å². The van der Waals surface area contributed by atoms with Crippen LogP contribution in [0.15, 0.2) is 24.3 Å². The number of ether oxygens (including phenoxy) is 1. The number of carbonyl (C=O) groups is 1. The first-order valence-electron chi connectivity index (χ1n) is 6.84. The van der Waals surface area contributed by atoms with Crippen LogP contribution in [0.3, 0.4) is 0 Å². The van der Waals surface area contributed by atoms with E-state index in [2.05, 4.69) is 12.2 Å². The summed E-state index contributed by atoms with van der Waals surface area (Å²) in [6.45, 7) is 3.30. The Morgan fingerprint density at radius 3 is 2.95 bits per heavy atom. The summed E-state index contributed by atoms with van der Waals surface area (Å²) in [6.07, 6.45) is 3.58. The number of hydrogen-bond donors (Lipinski definition) is 2. The van der Waals surface area contributed by atoms with Gasteiger partial charge in [0.1, 0.15) is 11.8 Å². The minimum Gasteiger partial charge on any atom is -0.494 e. The highest BCUT2D eigenvalue weighted by molar-refractivity contribution is 7.98. The highest BCUT2D eigenvalue weighted by Gasteiger charge is 2.15. The summed E-state index contributed by atoms with van der Waals surface area (Å²) in [5.74, 6) is 0.878. The van der Waals surface area contributed by atoms with Gasteiger partial charge in [-0.05, 0) is 42.5 Å². The predicted molar refractivity (Wildman–Crippen MR) is 83.5 cm³/mol. The monoisotopic (exact) mass is 297 g/mol. The lowest BCUT2D eigenvalue weighted by Crippen LogP contribution is -2.36. The Balaban J connectivity index is 2.52. The maximum atomic E-state index is 11.1. The lowest BCUT2D eigenvalue weighted by molar-refractivity contribution is -0.139. The summed E-state index contributed by atoms with van der Waals surface area (Å²) in [7, 11) is 0. The van der Waals surface area contributed by atoms with E-state index >= 15 is 0 Å². The van der Waals surface area contributed by atoms with Crippen LogP contribution in [-0.2, 0) is 11.3 Å². The van der Waals surface area contributed by atoms with Gasteiger partial charge in [0, 0.05) is 6.54 Å². The molecule has 0 saturated heterocycles. The zero-order valence-electron chi connectivity index (χ0n) is 12.1. The molecule has 5 heteroatoms. The molecule has 0 saturated carbocycles. The number of nitrogens with one attached hydrogen (secondary N) is 1. The van der Waals surface area contributed by atoms with Gasteiger partial charge < -0.3 is 15.2 Å². The van der Waals surface area contributed by atoms with E-state index in [4.69, 9.17) is 9.84 Å². The third-order valence-electron chi connectivity index (χ3n) is 2.83. The second-order valence-electron chi connectivity index (χ2n) is 4.55. The fraction of sp³-hybridized carbons (Fsp3) is 0.533. The van der Waals surface area contributed by atoms with Crippen molar-refractivity contribution >= 4 is 17.7 Å². The Labute approximate surface area is 124 Å². The van der Waals surface area contributed by atoms with E-state index in [1.165, 1.54) is 0 Å². The molecule has 0 amide bonds. The molecule has 0 heterocycles. The number of benzene rings is 1. The van der Waals surface area contributed by atoms with Crippen LogP contribution < -0.4 is 10.1 Å². The van der Waals surface area contributed by atoms with Crippen molar-refractivity contribution in [1.29, 1.82) is 0 Å². The third-order valence-corrected chi connectivity index (χ3v) is 3.48. The van der Waals surface area contributed by atoms with Gasteiger partial charge in [0.15, 0.2) is 0 Å². The first kappa shape index (κ1) is 16.9. The second-order valence-corrected chi connectivity index (χ2v) is 5.53. The van der Waals surface area contributed by atoms with E-state index < -0.39 is 12.0 Å². The topological polar surface area (TPSA) is 58.6 Å². The van der Waals surface area contributed by atoms with Crippen molar-refractivity contribution in [2.24, 2.45) is 0 Å². The predicted octanol–water partition coefficient (Wildman–Crippen LogP) is 2.77. The van der Waals surface area contributed by atoms with Gasteiger partial charge in [0.2, 0.25) is 0 Å². The van der Waals surface area contributed by atoms with Crippen LogP contribution in [0.25, 0.3) is 0 Å². The summed E-state index contributed by atoms with van der Waals surface area (Å²) in [4.78, 5) is 11.1. The Bertz CT molecular complexity index is 412. The smallest absolute Gasteiger partial charge is 0.320 e. The SMILES string of the molecule is CCCOc1cccc(CN[C@H](CCSC)C(=O)O)c1. The zero-order chi connectivity index (χ0) is 14.8. The number of rotatable bonds is 10. The number of carboxylic acid groups (broad SMARTS) is 1. The second kappa shape index (κ2) is 9.66. The van der Waals surface area contributed by atoms with Crippen molar-refractivity contribution in [3.63, 3.8) is 0 Å². The van der Waals surface area contributed by atoms with E-state index in [-0.39, 0.29) is 0 Å². The van der Waals surface area contributed by atoms with E-state index in [0.717, 1.165) is 23.5 Å². The minimum atomic E-state index is -0.794. The van der Waals surface area contributed by atoms with Crippen LogP contribution in [0, 0.1) is 0 Å². The summed E-state index contributed by atoms with van der Waals surface area (Å²) < 4.78 is 5.57. The fourth-order valence-corrected chi connectivity index (χ4v) is 2.23. The lowest BCUT2D eigenvalue weighted by Gasteiger charge is -2.14. The molecule has 0 aliphatic heterocycles. The van der Waals surface area contributed by atoms with Gasteiger partial charge in [-0.15, -0.1) is 0 Å². The molecule has 1 atom stereocenters. The molecule has 0 bridgehead atoms. The van der Waals surface area contributed by atoms with E-state index in [0.29, 0.717) is 19.6 Å². The van der Waals surface area contributed by atoms with Crippen molar-refractivity contribution < 1.29 is 14.6 Å². The summed E-state index contributed by atoms with van der Waals surface area (Å²) in [6, 6.07) is 7.28. The standard InChI is InChI=1S/C15H23NO3S/c1-3-8-19-13-6-4-5-12(10-13)11-16-14(15(17)18)7-9-20-2/h4-6,10,14,16H,3,7-9,11H2,1-2H3,(H,17,18)/t14-/m1/s1. The molecule has 0 fully saturated rings. The largest absolute Gasteiger partial charge is 0.494 e. The number of hydrogen-bond acceptors (Lipinski definition) is 4. The number of carboxylic acids is 1. The molecule has 1 rings (SSSR count). The molecule has 0 aliphatic carbocycles. The van der Waals surface area contributed by atoms with E-state index in [1.54, 1.807) is 11.8 Å². The Hall–Kier alpha value is -1.20. The Kier molecular flexibility index (Phi) is 8.14. The molecule has 112 valence electrons.